The van der Waals surface area contributed by atoms with Gasteiger partial charge < -0.3 is 10.1 Å². The highest BCUT2D eigenvalue weighted by Gasteiger charge is 2.28. The van der Waals surface area contributed by atoms with Crippen molar-refractivity contribution in [3.05, 3.63) is 70.0 Å². The van der Waals surface area contributed by atoms with Crippen LogP contribution in [0.25, 0.3) is 0 Å². The van der Waals surface area contributed by atoms with Crippen LogP contribution < -0.4 is 5.32 Å². The number of aryl methyl sites for hydroxylation is 2. The molecule has 0 amide bonds. The molecule has 0 bridgehead atoms. The van der Waals surface area contributed by atoms with Crippen LogP contribution in [0.3, 0.4) is 0 Å². The molecule has 2 aromatic carbocycles. The number of hydrogen-bond acceptors (Lipinski definition) is 2. The number of alkyl halides is 2. The fourth-order valence-corrected chi connectivity index (χ4v) is 3.86. The van der Waals surface area contributed by atoms with Crippen molar-refractivity contribution >= 4 is 0 Å². The Morgan fingerprint density at radius 1 is 1.15 bits per heavy atom. The summed E-state index contributed by atoms with van der Waals surface area (Å²) in [6.07, 6.45) is -0.912. The lowest BCUT2D eigenvalue weighted by Crippen LogP contribution is -2.40. The van der Waals surface area contributed by atoms with E-state index < -0.39 is 6.43 Å². The molecule has 0 spiro atoms. The molecule has 2 aromatic rings. The molecule has 1 aliphatic heterocycles. The molecule has 1 aliphatic rings. The molecule has 27 heavy (non-hydrogen) atoms. The van der Waals surface area contributed by atoms with E-state index in [0.29, 0.717) is 6.61 Å². The zero-order valence-electron chi connectivity index (χ0n) is 15.8. The Morgan fingerprint density at radius 3 is 2.67 bits per heavy atom. The first-order chi connectivity index (χ1) is 13.0. The number of benzene rings is 2. The third-order valence-electron chi connectivity index (χ3n) is 5.37. The SMILES string of the molecule is CCc1ccc(C(F)F)cc1COC1CCNCC1c1ccc(F)cc1C. The largest absolute Gasteiger partial charge is 0.373 e. The van der Waals surface area contributed by atoms with Crippen LogP contribution in [-0.2, 0) is 17.8 Å². The maximum absolute atomic E-state index is 13.5. The molecule has 0 aliphatic carbocycles. The van der Waals surface area contributed by atoms with Crippen molar-refractivity contribution in [3.8, 4) is 0 Å². The van der Waals surface area contributed by atoms with Crippen LogP contribution in [-0.4, -0.2) is 19.2 Å². The van der Waals surface area contributed by atoms with Crippen LogP contribution in [0, 0.1) is 12.7 Å². The lowest BCUT2D eigenvalue weighted by Gasteiger charge is -2.33. The van der Waals surface area contributed by atoms with Crippen LogP contribution in [0.2, 0.25) is 0 Å². The summed E-state index contributed by atoms with van der Waals surface area (Å²) in [5.74, 6) is -0.128. The van der Waals surface area contributed by atoms with Crippen molar-refractivity contribution in [1.29, 1.82) is 0 Å². The van der Waals surface area contributed by atoms with Gasteiger partial charge in [0.1, 0.15) is 5.82 Å². The Balaban J connectivity index is 1.78. The van der Waals surface area contributed by atoms with Gasteiger partial charge in [0.05, 0.1) is 12.7 Å². The van der Waals surface area contributed by atoms with Crippen molar-refractivity contribution in [1.82, 2.24) is 5.32 Å². The molecule has 1 fully saturated rings. The average molecular weight is 377 g/mol. The summed E-state index contributed by atoms with van der Waals surface area (Å²) in [6, 6.07) is 9.67. The van der Waals surface area contributed by atoms with Gasteiger partial charge in [-0.15, -0.1) is 0 Å². The Bertz CT molecular complexity index is 778. The van der Waals surface area contributed by atoms with Crippen LogP contribution in [0.1, 0.15) is 53.5 Å². The van der Waals surface area contributed by atoms with E-state index in [4.69, 9.17) is 4.74 Å². The van der Waals surface area contributed by atoms with Gasteiger partial charge in [0.25, 0.3) is 6.43 Å². The van der Waals surface area contributed by atoms with Crippen molar-refractivity contribution < 1.29 is 17.9 Å². The van der Waals surface area contributed by atoms with E-state index in [1.165, 1.54) is 12.1 Å². The molecule has 5 heteroatoms. The maximum atomic E-state index is 13.5. The zero-order valence-corrected chi connectivity index (χ0v) is 15.8. The van der Waals surface area contributed by atoms with Gasteiger partial charge in [0.15, 0.2) is 0 Å². The van der Waals surface area contributed by atoms with Gasteiger partial charge in [-0.1, -0.05) is 25.1 Å². The van der Waals surface area contributed by atoms with Crippen LogP contribution in [0.5, 0.6) is 0 Å². The molecule has 1 heterocycles. The lowest BCUT2D eigenvalue weighted by atomic mass is 9.86. The van der Waals surface area contributed by atoms with Gasteiger partial charge >= 0.3 is 0 Å². The fourth-order valence-electron chi connectivity index (χ4n) is 3.86. The summed E-state index contributed by atoms with van der Waals surface area (Å²) in [4.78, 5) is 0. The van der Waals surface area contributed by atoms with E-state index >= 15 is 0 Å². The smallest absolute Gasteiger partial charge is 0.263 e. The summed E-state index contributed by atoms with van der Waals surface area (Å²) < 4.78 is 45.8. The first-order valence-corrected chi connectivity index (χ1v) is 9.47. The molecule has 1 N–H and O–H groups in total. The molecule has 3 rings (SSSR count). The second kappa shape index (κ2) is 8.89. The van der Waals surface area contributed by atoms with E-state index in [9.17, 15) is 13.2 Å². The highest BCUT2D eigenvalue weighted by Crippen LogP contribution is 2.30. The Morgan fingerprint density at radius 2 is 1.96 bits per heavy atom. The second-order valence-electron chi connectivity index (χ2n) is 7.13. The van der Waals surface area contributed by atoms with Crippen molar-refractivity contribution in [2.45, 2.75) is 51.7 Å². The molecule has 0 saturated carbocycles. The minimum Gasteiger partial charge on any atom is -0.373 e. The van der Waals surface area contributed by atoms with E-state index in [1.54, 1.807) is 18.2 Å². The molecular formula is C22H26F3NO. The van der Waals surface area contributed by atoms with Crippen LogP contribution in [0.4, 0.5) is 13.2 Å². The zero-order chi connectivity index (χ0) is 19.4. The first kappa shape index (κ1) is 19.9. The van der Waals surface area contributed by atoms with Crippen LogP contribution in [0.15, 0.2) is 36.4 Å². The van der Waals surface area contributed by atoms with E-state index in [2.05, 4.69) is 5.32 Å². The quantitative estimate of drug-likeness (QED) is 0.738. The van der Waals surface area contributed by atoms with Gasteiger partial charge in [-0.2, -0.15) is 0 Å². The monoisotopic (exact) mass is 377 g/mol. The predicted molar refractivity (Wildman–Crippen MR) is 101 cm³/mol. The van der Waals surface area contributed by atoms with E-state index in [-0.39, 0.29) is 23.4 Å². The third kappa shape index (κ3) is 4.71. The standard InChI is InChI=1S/C22H26F3NO/c1-3-15-4-5-16(22(24)25)11-17(15)13-27-21-8-9-26-12-20(21)19-7-6-18(23)10-14(19)2/h4-7,10-11,20-22,26H,3,8-9,12-13H2,1-2H3. The summed E-state index contributed by atoms with van der Waals surface area (Å²) in [7, 11) is 0. The van der Waals surface area contributed by atoms with Crippen LogP contribution >= 0.6 is 0 Å². The molecular weight excluding hydrogens is 351 g/mol. The number of nitrogens with one attached hydrogen (secondary N) is 1. The first-order valence-electron chi connectivity index (χ1n) is 9.47. The summed E-state index contributed by atoms with van der Waals surface area (Å²) >= 11 is 0. The maximum Gasteiger partial charge on any atom is 0.263 e. The Hall–Kier alpha value is -1.85. The summed E-state index contributed by atoms with van der Waals surface area (Å²) in [6.45, 7) is 5.83. The number of rotatable bonds is 6. The molecule has 0 radical (unpaired) electrons. The summed E-state index contributed by atoms with van der Waals surface area (Å²) in [5, 5.41) is 3.38. The molecule has 2 unspecified atom stereocenters. The topological polar surface area (TPSA) is 21.3 Å². The van der Waals surface area contributed by atoms with Gasteiger partial charge in [0.2, 0.25) is 0 Å². The molecule has 1 saturated heterocycles. The normalized spacial score (nSPS) is 20.2. The minimum absolute atomic E-state index is 0.0297. The lowest BCUT2D eigenvalue weighted by molar-refractivity contribution is 0.00638. The Labute approximate surface area is 158 Å². The average Bonchev–Trinajstić information content (AvgIpc) is 2.66. The highest BCUT2D eigenvalue weighted by atomic mass is 19.3. The number of hydrogen-bond donors (Lipinski definition) is 1. The predicted octanol–water partition coefficient (Wildman–Crippen LogP) is 5.30. The van der Waals surface area contributed by atoms with Crippen molar-refractivity contribution in [2.75, 3.05) is 13.1 Å². The Kier molecular flexibility index (Phi) is 6.55. The second-order valence-corrected chi connectivity index (χ2v) is 7.13. The molecule has 146 valence electrons. The molecule has 2 nitrogen and oxygen atoms in total. The summed E-state index contributed by atoms with van der Waals surface area (Å²) in [5.41, 5.74) is 3.87. The number of ether oxygens (including phenoxy) is 1. The highest BCUT2D eigenvalue weighted by molar-refractivity contribution is 5.33. The van der Waals surface area contributed by atoms with Gasteiger partial charge in [-0.3, -0.25) is 0 Å². The third-order valence-corrected chi connectivity index (χ3v) is 5.37. The van der Waals surface area contributed by atoms with Gasteiger partial charge in [0, 0.05) is 18.0 Å². The van der Waals surface area contributed by atoms with Crippen molar-refractivity contribution in [3.63, 3.8) is 0 Å². The van der Waals surface area contributed by atoms with Gasteiger partial charge in [-0.25, -0.2) is 13.2 Å². The van der Waals surface area contributed by atoms with Gasteiger partial charge in [-0.05, 0) is 66.8 Å². The molecule has 2 atom stereocenters. The van der Waals surface area contributed by atoms with Crippen molar-refractivity contribution in [2.24, 2.45) is 0 Å². The van der Waals surface area contributed by atoms with E-state index in [1.807, 2.05) is 19.9 Å². The molecule has 0 aromatic heterocycles. The van der Waals surface area contributed by atoms with E-state index in [0.717, 1.165) is 48.2 Å². The number of piperidine rings is 1. The fraction of sp³-hybridized carbons (Fsp3) is 0.455. The minimum atomic E-state index is -2.48. The number of halogens is 3.